The Balaban J connectivity index is 1.75. The molecule has 1 amide bonds. The lowest BCUT2D eigenvalue weighted by Crippen LogP contribution is -2.15. The Bertz CT molecular complexity index is 694. The summed E-state index contributed by atoms with van der Waals surface area (Å²) in [6.07, 6.45) is 1.71. The number of rotatable bonds is 4. The van der Waals surface area contributed by atoms with Gasteiger partial charge in [-0.25, -0.2) is 9.97 Å². The van der Waals surface area contributed by atoms with Crippen molar-refractivity contribution in [3.05, 3.63) is 52.8 Å². The van der Waals surface area contributed by atoms with Crippen LogP contribution in [0.2, 0.25) is 0 Å². The molecule has 2 heterocycles. The summed E-state index contributed by atoms with van der Waals surface area (Å²) in [5, 5.41) is 6.00. The van der Waals surface area contributed by atoms with Crippen LogP contribution in [0.25, 0.3) is 0 Å². The summed E-state index contributed by atoms with van der Waals surface area (Å²) < 4.78 is 0. The van der Waals surface area contributed by atoms with Crippen molar-refractivity contribution in [1.82, 2.24) is 15.3 Å². The van der Waals surface area contributed by atoms with E-state index in [0.29, 0.717) is 24.1 Å². The molecular formula is C17H20N4O. The van der Waals surface area contributed by atoms with Crippen LogP contribution in [0.5, 0.6) is 0 Å². The summed E-state index contributed by atoms with van der Waals surface area (Å²) >= 11 is 0. The fraction of sp³-hybridized carbons (Fsp3) is 0.353. The second-order valence-corrected chi connectivity index (χ2v) is 5.94. The number of hydrogen-bond donors (Lipinski definition) is 2. The van der Waals surface area contributed by atoms with Crippen molar-refractivity contribution >= 4 is 11.9 Å². The number of hydrogen-bond acceptors (Lipinski definition) is 4. The maximum atomic E-state index is 11.6. The molecule has 0 aliphatic carbocycles. The summed E-state index contributed by atoms with van der Waals surface area (Å²) in [6, 6.07) is 8.61. The van der Waals surface area contributed by atoms with Crippen molar-refractivity contribution < 1.29 is 4.79 Å². The van der Waals surface area contributed by atoms with Gasteiger partial charge in [0.1, 0.15) is 5.69 Å². The molecule has 1 unspecified atom stereocenters. The number of nitrogens with zero attached hydrogens (tertiary/aromatic N) is 2. The van der Waals surface area contributed by atoms with Crippen LogP contribution in [0.4, 0.5) is 5.95 Å². The number of benzene rings is 1. The fourth-order valence-electron chi connectivity index (χ4n) is 2.51. The van der Waals surface area contributed by atoms with E-state index in [1.807, 2.05) is 0 Å². The normalized spacial score (nSPS) is 14.6. The Morgan fingerprint density at radius 1 is 1.14 bits per heavy atom. The molecular weight excluding hydrogens is 276 g/mol. The molecule has 1 aromatic carbocycles. The van der Waals surface area contributed by atoms with Crippen LogP contribution >= 0.6 is 0 Å². The van der Waals surface area contributed by atoms with E-state index < -0.39 is 0 Å². The number of aromatic nitrogens is 2. The van der Waals surface area contributed by atoms with Gasteiger partial charge in [0.15, 0.2) is 0 Å². The SMILES string of the molecule is CC(C)c1ccc(C(C)Nc2ncc3c(n2)C(=O)NC3)cc1. The minimum absolute atomic E-state index is 0.0729. The third-order valence-corrected chi connectivity index (χ3v) is 3.97. The molecule has 3 rings (SSSR count). The molecule has 0 fully saturated rings. The topological polar surface area (TPSA) is 66.9 Å². The van der Waals surface area contributed by atoms with Crippen molar-refractivity contribution in [3.63, 3.8) is 0 Å². The maximum absolute atomic E-state index is 11.6. The number of fused-ring (bicyclic) bond motifs is 1. The average molecular weight is 296 g/mol. The van der Waals surface area contributed by atoms with Crippen molar-refractivity contribution in [2.75, 3.05) is 5.32 Å². The summed E-state index contributed by atoms with van der Waals surface area (Å²) in [4.78, 5) is 20.2. The van der Waals surface area contributed by atoms with E-state index in [2.05, 4.69) is 65.6 Å². The molecule has 22 heavy (non-hydrogen) atoms. The highest BCUT2D eigenvalue weighted by Crippen LogP contribution is 2.21. The molecule has 0 saturated heterocycles. The Morgan fingerprint density at radius 3 is 2.50 bits per heavy atom. The van der Waals surface area contributed by atoms with Crippen LogP contribution in [0.1, 0.15) is 59.9 Å². The molecule has 0 spiro atoms. The zero-order valence-electron chi connectivity index (χ0n) is 13.1. The third kappa shape index (κ3) is 2.79. The van der Waals surface area contributed by atoms with Gasteiger partial charge in [-0.2, -0.15) is 0 Å². The van der Waals surface area contributed by atoms with Crippen LogP contribution in [-0.4, -0.2) is 15.9 Å². The molecule has 2 aromatic rings. The molecule has 114 valence electrons. The highest BCUT2D eigenvalue weighted by Gasteiger charge is 2.21. The molecule has 0 saturated carbocycles. The van der Waals surface area contributed by atoms with E-state index in [-0.39, 0.29) is 11.9 Å². The van der Waals surface area contributed by atoms with Gasteiger partial charge in [0.25, 0.3) is 5.91 Å². The number of carbonyl (C=O) groups is 1. The first-order valence-corrected chi connectivity index (χ1v) is 7.55. The molecule has 5 heteroatoms. The Hall–Kier alpha value is -2.43. The van der Waals surface area contributed by atoms with E-state index in [1.165, 1.54) is 5.56 Å². The van der Waals surface area contributed by atoms with Gasteiger partial charge in [-0.15, -0.1) is 0 Å². The zero-order valence-corrected chi connectivity index (χ0v) is 13.1. The first-order valence-electron chi connectivity index (χ1n) is 7.55. The molecule has 1 aliphatic rings. The zero-order chi connectivity index (χ0) is 15.7. The quantitative estimate of drug-likeness (QED) is 0.910. The van der Waals surface area contributed by atoms with Gasteiger partial charge in [0.2, 0.25) is 5.95 Å². The first kappa shape index (κ1) is 14.5. The predicted molar refractivity (Wildman–Crippen MR) is 85.8 cm³/mol. The van der Waals surface area contributed by atoms with Gasteiger partial charge in [-0.05, 0) is 24.0 Å². The molecule has 0 radical (unpaired) electrons. The van der Waals surface area contributed by atoms with E-state index in [0.717, 1.165) is 11.1 Å². The largest absolute Gasteiger partial charge is 0.348 e. The highest BCUT2D eigenvalue weighted by molar-refractivity contribution is 5.96. The lowest BCUT2D eigenvalue weighted by atomic mass is 10.00. The fourth-order valence-corrected chi connectivity index (χ4v) is 2.51. The van der Waals surface area contributed by atoms with Gasteiger partial charge < -0.3 is 10.6 Å². The molecule has 0 bridgehead atoms. The van der Waals surface area contributed by atoms with Crippen LogP contribution < -0.4 is 10.6 Å². The van der Waals surface area contributed by atoms with Gasteiger partial charge in [0, 0.05) is 18.3 Å². The van der Waals surface area contributed by atoms with Gasteiger partial charge in [-0.3, -0.25) is 4.79 Å². The minimum Gasteiger partial charge on any atom is -0.348 e. The lowest BCUT2D eigenvalue weighted by molar-refractivity contribution is 0.0961. The monoisotopic (exact) mass is 296 g/mol. The number of anilines is 1. The summed E-state index contributed by atoms with van der Waals surface area (Å²) in [6.45, 7) is 6.93. The van der Waals surface area contributed by atoms with Crippen molar-refractivity contribution in [1.29, 1.82) is 0 Å². The van der Waals surface area contributed by atoms with Crippen molar-refractivity contribution in [2.24, 2.45) is 0 Å². The second-order valence-electron chi connectivity index (χ2n) is 5.94. The molecule has 1 aliphatic heterocycles. The first-order chi connectivity index (χ1) is 10.5. The van der Waals surface area contributed by atoms with E-state index in [9.17, 15) is 4.79 Å². The van der Waals surface area contributed by atoms with Crippen LogP contribution in [0, 0.1) is 0 Å². The maximum Gasteiger partial charge on any atom is 0.270 e. The van der Waals surface area contributed by atoms with E-state index in [4.69, 9.17) is 0 Å². The number of carbonyl (C=O) groups excluding carboxylic acids is 1. The van der Waals surface area contributed by atoms with Crippen LogP contribution in [0.3, 0.4) is 0 Å². The van der Waals surface area contributed by atoms with Gasteiger partial charge >= 0.3 is 0 Å². The van der Waals surface area contributed by atoms with Crippen molar-refractivity contribution in [3.8, 4) is 0 Å². The average Bonchev–Trinajstić information content (AvgIpc) is 2.88. The predicted octanol–water partition coefficient (Wildman–Crippen LogP) is 3.02. The Kier molecular flexibility index (Phi) is 3.79. The second kappa shape index (κ2) is 5.75. The minimum atomic E-state index is -0.130. The van der Waals surface area contributed by atoms with E-state index >= 15 is 0 Å². The Morgan fingerprint density at radius 2 is 1.82 bits per heavy atom. The number of nitrogens with one attached hydrogen (secondary N) is 2. The standard InChI is InChI=1S/C17H20N4O/c1-10(2)12-4-6-13(7-5-12)11(3)20-17-19-9-14-8-18-16(22)15(14)21-17/h4-7,9-11H,8H2,1-3H3,(H,18,22)(H,19,20,21). The smallest absolute Gasteiger partial charge is 0.270 e. The molecule has 2 N–H and O–H groups in total. The van der Waals surface area contributed by atoms with Crippen LogP contribution in [-0.2, 0) is 6.54 Å². The molecule has 5 nitrogen and oxygen atoms in total. The van der Waals surface area contributed by atoms with E-state index in [1.54, 1.807) is 6.20 Å². The lowest BCUT2D eigenvalue weighted by Gasteiger charge is -2.15. The van der Waals surface area contributed by atoms with Gasteiger partial charge in [-0.1, -0.05) is 38.1 Å². The summed E-state index contributed by atoms with van der Waals surface area (Å²) in [7, 11) is 0. The third-order valence-electron chi connectivity index (χ3n) is 3.97. The van der Waals surface area contributed by atoms with Crippen LogP contribution in [0.15, 0.2) is 30.5 Å². The molecule has 1 aromatic heterocycles. The van der Waals surface area contributed by atoms with Gasteiger partial charge in [0.05, 0.1) is 6.04 Å². The summed E-state index contributed by atoms with van der Waals surface area (Å²) in [5.41, 5.74) is 3.81. The number of amides is 1. The summed E-state index contributed by atoms with van der Waals surface area (Å²) in [5.74, 6) is 0.876. The highest BCUT2D eigenvalue weighted by atomic mass is 16.2. The Labute approximate surface area is 130 Å². The van der Waals surface area contributed by atoms with Crippen molar-refractivity contribution in [2.45, 2.75) is 39.3 Å². The molecule has 1 atom stereocenters.